The summed E-state index contributed by atoms with van der Waals surface area (Å²) >= 11 is 3.45. The first-order valence-corrected chi connectivity index (χ1v) is 7.05. The molecule has 1 aromatic heterocycles. The van der Waals surface area contributed by atoms with E-state index >= 15 is 0 Å². The third-order valence-corrected chi connectivity index (χ3v) is 4.14. The highest BCUT2D eigenvalue weighted by molar-refractivity contribution is 9.10. The lowest BCUT2D eigenvalue weighted by Crippen LogP contribution is -2.24. The van der Waals surface area contributed by atoms with E-state index in [4.69, 9.17) is 5.11 Å². The first kappa shape index (κ1) is 13.1. The second-order valence-electron chi connectivity index (χ2n) is 5.00. The van der Waals surface area contributed by atoms with Gasteiger partial charge in [-0.25, -0.2) is 4.79 Å². The second-order valence-corrected chi connectivity index (χ2v) is 5.92. The Morgan fingerprint density at radius 3 is 2.85 bits per heavy atom. The summed E-state index contributed by atoms with van der Waals surface area (Å²) in [7, 11) is 0. The van der Waals surface area contributed by atoms with Gasteiger partial charge in [-0.05, 0) is 31.0 Å². The van der Waals surface area contributed by atoms with Crippen LogP contribution in [-0.4, -0.2) is 15.6 Å². The summed E-state index contributed by atoms with van der Waals surface area (Å²) in [5.41, 5.74) is 2.30. The average Bonchev–Trinajstić information content (AvgIpc) is 2.37. The van der Waals surface area contributed by atoms with Gasteiger partial charge in [0, 0.05) is 28.3 Å². The van der Waals surface area contributed by atoms with Crippen LogP contribution in [0.5, 0.6) is 0 Å². The van der Waals surface area contributed by atoms with Crippen molar-refractivity contribution in [2.24, 2.45) is 0 Å². The van der Waals surface area contributed by atoms with Crippen LogP contribution in [0.25, 0.3) is 11.3 Å². The molecule has 1 aromatic carbocycles. The van der Waals surface area contributed by atoms with Crippen LogP contribution in [0.4, 0.5) is 0 Å². The minimum Gasteiger partial charge on any atom is -0.477 e. The molecule has 0 aliphatic carbocycles. The molecule has 1 atom stereocenters. The van der Waals surface area contributed by atoms with Crippen molar-refractivity contribution in [1.29, 1.82) is 0 Å². The minimum absolute atomic E-state index is 0.116. The maximum absolute atomic E-state index is 11.9. The van der Waals surface area contributed by atoms with Gasteiger partial charge in [0.1, 0.15) is 5.56 Å². The summed E-state index contributed by atoms with van der Waals surface area (Å²) < 4.78 is 2.88. The van der Waals surface area contributed by atoms with Gasteiger partial charge in [0.15, 0.2) is 5.43 Å². The lowest BCUT2D eigenvalue weighted by atomic mass is 9.93. The fraction of sp³-hybridized carbons (Fsp3) is 0.200. The summed E-state index contributed by atoms with van der Waals surface area (Å²) in [6.07, 6.45) is 2.26. The third-order valence-electron chi connectivity index (χ3n) is 3.64. The van der Waals surface area contributed by atoms with Crippen LogP contribution in [0.2, 0.25) is 0 Å². The van der Waals surface area contributed by atoms with Crippen molar-refractivity contribution in [2.45, 2.75) is 19.4 Å². The maximum Gasteiger partial charge on any atom is 0.341 e. The Balaban J connectivity index is 2.30. The molecule has 2 aromatic rings. The SMILES string of the molecule is C[C@H]1Cc2cc(Br)ccc2-c2cc(=O)c(C(=O)O)cn21. The topological polar surface area (TPSA) is 59.3 Å². The number of hydrogen-bond donors (Lipinski definition) is 1. The summed E-state index contributed by atoms with van der Waals surface area (Å²) in [6, 6.07) is 7.47. The maximum atomic E-state index is 11.9. The molecule has 1 aliphatic rings. The largest absolute Gasteiger partial charge is 0.477 e. The van der Waals surface area contributed by atoms with E-state index < -0.39 is 11.4 Å². The molecule has 1 aliphatic heterocycles. The van der Waals surface area contributed by atoms with Crippen molar-refractivity contribution in [3.8, 4) is 11.3 Å². The molecule has 1 N–H and O–H groups in total. The summed E-state index contributed by atoms with van der Waals surface area (Å²) in [4.78, 5) is 23.0. The second kappa shape index (κ2) is 4.59. The molecule has 0 amide bonds. The van der Waals surface area contributed by atoms with Crippen LogP contribution in [-0.2, 0) is 6.42 Å². The number of carbonyl (C=O) groups is 1. The monoisotopic (exact) mass is 333 g/mol. The molecule has 0 fully saturated rings. The highest BCUT2D eigenvalue weighted by Gasteiger charge is 2.23. The number of carboxylic acids is 1. The molecule has 2 heterocycles. The normalized spacial score (nSPS) is 16.4. The molecule has 0 saturated heterocycles. The molecule has 5 heteroatoms. The van der Waals surface area contributed by atoms with Crippen LogP contribution >= 0.6 is 15.9 Å². The van der Waals surface area contributed by atoms with Gasteiger partial charge >= 0.3 is 5.97 Å². The first-order valence-electron chi connectivity index (χ1n) is 6.25. The first-order chi connectivity index (χ1) is 9.47. The Kier molecular flexibility index (Phi) is 3.01. The summed E-state index contributed by atoms with van der Waals surface area (Å²) in [5.74, 6) is -1.18. The van der Waals surface area contributed by atoms with Crippen molar-refractivity contribution >= 4 is 21.9 Å². The van der Waals surface area contributed by atoms with E-state index in [0.29, 0.717) is 0 Å². The van der Waals surface area contributed by atoms with Crippen molar-refractivity contribution in [3.05, 3.63) is 56.3 Å². The van der Waals surface area contributed by atoms with Crippen molar-refractivity contribution in [1.82, 2.24) is 4.57 Å². The van der Waals surface area contributed by atoms with E-state index in [1.54, 1.807) is 0 Å². The fourth-order valence-electron chi connectivity index (χ4n) is 2.69. The Labute approximate surface area is 123 Å². The van der Waals surface area contributed by atoms with Crippen molar-refractivity contribution in [3.63, 3.8) is 0 Å². The third kappa shape index (κ3) is 1.98. The zero-order chi connectivity index (χ0) is 14.4. The van der Waals surface area contributed by atoms with Crippen LogP contribution in [0.3, 0.4) is 0 Å². The Morgan fingerprint density at radius 1 is 1.40 bits per heavy atom. The van der Waals surface area contributed by atoms with Gasteiger partial charge in [0.05, 0.1) is 5.69 Å². The number of aromatic nitrogens is 1. The Hall–Kier alpha value is -1.88. The van der Waals surface area contributed by atoms with E-state index in [2.05, 4.69) is 15.9 Å². The lowest BCUT2D eigenvalue weighted by Gasteiger charge is -2.28. The number of aromatic carboxylic acids is 1. The number of rotatable bonds is 1. The molecular formula is C15H12BrNO3. The number of hydrogen-bond acceptors (Lipinski definition) is 2. The average molecular weight is 334 g/mol. The molecule has 102 valence electrons. The van der Waals surface area contributed by atoms with Gasteiger partial charge in [-0.3, -0.25) is 4.79 Å². The van der Waals surface area contributed by atoms with E-state index in [1.165, 1.54) is 12.3 Å². The van der Waals surface area contributed by atoms with Gasteiger partial charge in [-0.1, -0.05) is 22.0 Å². The predicted molar refractivity (Wildman–Crippen MR) is 79.2 cm³/mol. The molecule has 3 rings (SSSR count). The summed E-state index contributed by atoms with van der Waals surface area (Å²) in [6.45, 7) is 2.02. The van der Waals surface area contributed by atoms with Crippen LogP contribution in [0.1, 0.15) is 28.9 Å². The quantitative estimate of drug-likeness (QED) is 0.872. The van der Waals surface area contributed by atoms with Gasteiger partial charge in [-0.15, -0.1) is 0 Å². The van der Waals surface area contributed by atoms with Crippen molar-refractivity contribution < 1.29 is 9.90 Å². The standard InChI is InChI=1S/C15H12BrNO3/c1-8-4-9-5-10(16)2-3-11(9)13-6-14(18)12(15(19)20)7-17(8)13/h2-3,5-8H,4H2,1H3,(H,19,20)/t8-/m0/s1. The van der Waals surface area contributed by atoms with Crippen molar-refractivity contribution in [2.75, 3.05) is 0 Å². The molecule has 0 saturated carbocycles. The van der Waals surface area contributed by atoms with Gasteiger partial charge < -0.3 is 9.67 Å². The fourth-order valence-corrected chi connectivity index (χ4v) is 3.10. The number of nitrogens with zero attached hydrogens (tertiary/aromatic N) is 1. The zero-order valence-corrected chi connectivity index (χ0v) is 12.3. The van der Waals surface area contributed by atoms with Crippen LogP contribution < -0.4 is 5.43 Å². The molecular weight excluding hydrogens is 322 g/mol. The Bertz CT molecular complexity index is 779. The molecule has 0 bridgehead atoms. The zero-order valence-electron chi connectivity index (χ0n) is 10.8. The number of fused-ring (bicyclic) bond motifs is 3. The molecule has 0 radical (unpaired) electrons. The van der Waals surface area contributed by atoms with Gasteiger partial charge in [0.2, 0.25) is 0 Å². The minimum atomic E-state index is -1.18. The molecule has 4 nitrogen and oxygen atoms in total. The molecule has 0 unspecified atom stereocenters. The van der Waals surface area contributed by atoms with Crippen LogP contribution in [0.15, 0.2) is 39.7 Å². The smallest absolute Gasteiger partial charge is 0.341 e. The molecule has 0 spiro atoms. The lowest BCUT2D eigenvalue weighted by molar-refractivity contribution is 0.0694. The Morgan fingerprint density at radius 2 is 2.15 bits per heavy atom. The van der Waals surface area contributed by atoms with E-state index in [0.717, 1.165) is 27.7 Å². The number of halogens is 1. The van der Waals surface area contributed by atoms with E-state index in [-0.39, 0.29) is 11.6 Å². The van der Waals surface area contributed by atoms with Gasteiger partial charge in [0.25, 0.3) is 0 Å². The van der Waals surface area contributed by atoms with E-state index in [9.17, 15) is 9.59 Å². The highest BCUT2D eigenvalue weighted by Crippen LogP contribution is 2.35. The predicted octanol–water partition coefficient (Wildman–Crippen LogP) is 3.09. The number of carboxylic acid groups (broad SMARTS) is 1. The number of pyridine rings is 1. The number of benzene rings is 1. The van der Waals surface area contributed by atoms with E-state index in [1.807, 2.05) is 29.7 Å². The summed E-state index contributed by atoms with van der Waals surface area (Å²) in [5, 5.41) is 9.07. The van der Waals surface area contributed by atoms with Gasteiger partial charge in [-0.2, -0.15) is 0 Å². The van der Waals surface area contributed by atoms with Crippen LogP contribution in [0, 0.1) is 0 Å². The highest BCUT2D eigenvalue weighted by atomic mass is 79.9. The molecule has 20 heavy (non-hydrogen) atoms.